The van der Waals surface area contributed by atoms with Gasteiger partial charge < -0.3 is 9.84 Å². The number of nitrogens with zero attached hydrogens (tertiary/aromatic N) is 1. The molecule has 0 radical (unpaired) electrons. The summed E-state index contributed by atoms with van der Waals surface area (Å²) >= 11 is 0. The Morgan fingerprint density at radius 2 is 2.31 bits per heavy atom. The Morgan fingerprint density at radius 1 is 1.62 bits per heavy atom. The number of hydrogen-bond acceptors (Lipinski definition) is 3. The summed E-state index contributed by atoms with van der Waals surface area (Å²) in [6.07, 6.45) is 1.34. The molecule has 0 saturated heterocycles. The maximum absolute atomic E-state index is 13.0. The Morgan fingerprint density at radius 3 is 2.85 bits per heavy atom. The minimum atomic E-state index is -3.31. The van der Waals surface area contributed by atoms with Gasteiger partial charge in [-0.1, -0.05) is 0 Å². The zero-order valence-electron chi connectivity index (χ0n) is 7.00. The summed E-state index contributed by atoms with van der Waals surface area (Å²) in [5.41, 5.74) is -0.403. The number of ether oxygens (including phenoxy) is 1. The van der Waals surface area contributed by atoms with Crippen LogP contribution in [0.1, 0.15) is 5.56 Å². The fraction of sp³-hybridized carbons (Fsp3) is 0.375. The van der Waals surface area contributed by atoms with E-state index in [4.69, 9.17) is 5.11 Å². The predicted octanol–water partition coefficient (Wildman–Crippen LogP) is 1.17. The van der Waals surface area contributed by atoms with Crippen molar-refractivity contribution in [2.45, 2.75) is 5.92 Å². The van der Waals surface area contributed by atoms with E-state index in [9.17, 15) is 8.78 Å². The van der Waals surface area contributed by atoms with Crippen LogP contribution >= 0.6 is 0 Å². The van der Waals surface area contributed by atoms with Crippen molar-refractivity contribution in [3.8, 4) is 5.88 Å². The Balaban J connectivity index is 3.12. The summed E-state index contributed by atoms with van der Waals surface area (Å²) in [6.45, 7) is -1.25. The number of alkyl halides is 2. The van der Waals surface area contributed by atoms with Crippen LogP contribution in [-0.2, 0) is 5.92 Å². The van der Waals surface area contributed by atoms with Crippen LogP contribution in [0, 0.1) is 0 Å². The first-order valence-corrected chi connectivity index (χ1v) is 3.60. The van der Waals surface area contributed by atoms with Crippen molar-refractivity contribution in [3.05, 3.63) is 23.9 Å². The SMILES string of the molecule is COc1ncccc1C(F)(F)CO. The molecule has 5 heteroatoms. The van der Waals surface area contributed by atoms with E-state index >= 15 is 0 Å². The van der Waals surface area contributed by atoms with Crippen molar-refractivity contribution in [1.82, 2.24) is 4.98 Å². The van der Waals surface area contributed by atoms with Crippen LogP contribution in [0.25, 0.3) is 0 Å². The summed E-state index contributed by atoms with van der Waals surface area (Å²) < 4.78 is 30.6. The van der Waals surface area contributed by atoms with E-state index in [1.165, 1.54) is 25.4 Å². The number of pyridine rings is 1. The first-order valence-electron chi connectivity index (χ1n) is 3.60. The van der Waals surface area contributed by atoms with Gasteiger partial charge in [0.05, 0.1) is 12.7 Å². The van der Waals surface area contributed by atoms with Gasteiger partial charge in [0.25, 0.3) is 0 Å². The van der Waals surface area contributed by atoms with E-state index < -0.39 is 18.1 Å². The van der Waals surface area contributed by atoms with Gasteiger partial charge in [0.2, 0.25) is 5.88 Å². The van der Waals surface area contributed by atoms with Gasteiger partial charge >= 0.3 is 5.92 Å². The molecule has 1 N–H and O–H groups in total. The monoisotopic (exact) mass is 189 g/mol. The molecule has 0 fully saturated rings. The van der Waals surface area contributed by atoms with Crippen LogP contribution in [0.15, 0.2) is 18.3 Å². The number of aliphatic hydroxyl groups excluding tert-OH is 1. The molecule has 0 bridgehead atoms. The van der Waals surface area contributed by atoms with Crippen LogP contribution in [0.3, 0.4) is 0 Å². The highest BCUT2D eigenvalue weighted by Gasteiger charge is 2.34. The summed E-state index contributed by atoms with van der Waals surface area (Å²) in [4.78, 5) is 3.60. The highest BCUT2D eigenvalue weighted by Crippen LogP contribution is 2.32. The quantitative estimate of drug-likeness (QED) is 0.776. The second-order valence-corrected chi connectivity index (χ2v) is 2.42. The molecule has 0 aliphatic heterocycles. The number of halogens is 2. The molecule has 0 saturated carbocycles. The molecule has 0 amide bonds. The van der Waals surface area contributed by atoms with Gasteiger partial charge in [0.15, 0.2) is 0 Å². The van der Waals surface area contributed by atoms with E-state index in [0.29, 0.717) is 0 Å². The molecule has 0 atom stereocenters. The molecule has 0 aliphatic rings. The van der Waals surface area contributed by atoms with E-state index in [2.05, 4.69) is 9.72 Å². The smallest absolute Gasteiger partial charge is 0.300 e. The first-order chi connectivity index (χ1) is 6.11. The van der Waals surface area contributed by atoms with E-state index in [1.807, 2.05) is 0 Å². The Bertz CT molecular complexity index is 291. The molecular formula is C8H9F2NO2. The van der Waals surface area contributed by atoms with Crippen LogP contribution < -0.4 is 4.74 Å². The van der Waals surface area contributed by atoms with Crippen molar-refractivity contribution in [3.63, 3.8) is 0 Å². The number of hydrogen-bond donors (Lipinski definition) is 1. The number of methoxy groups -OCH3 is 1. The standard InChI is InChI=1S/C8H9F2NO2/c1-13-7-6(3-2-4-11-7)8(9,10)5-12/h2-4,12H,5H2,1H3. The number of rotatable bonds is 3. The van der Waals surface area contributed by atoms with Gasteiger partial charge in [0, 0.05) is 6.20 Å². The summed E-state index contributed by atoms with van der Waals surface area (Å²) in [7, 11) is 1.25. The third-order valence-electron chi connectivity index (χ3n) is 1.56. The van der Waals surface area contributed by atoms with E-state index in [0.717, 1.165) is 0 Å². The second kappa shape index (κ2) is 3.66. The normalized spacial score (nSPS) is 11.4. The molecular weight excluding hydrogens is 180 g/mol. The minimum absolute atomic E-state index is 0.165. The van der Waals surface area contributed by atoms with Crippen molar-refractivity contribution in [1.29, 1.82) is 0 Å². The average molecular weight is 189 g/mol. The summed E-state index contributed by atoms with van der Waals surface area (Å²) in [6, 6.07) is 2.53. The Hall–Kier alpha value is -1.23. The number of aliphatic hydroxyl groups is 1. The van der Waals surface area contributed by atoms with Gasteiger partial charge in [0.1, 0.15) is 6.61 Å². The third-order valence-corrected chi connectivity index (χ3v) is 1.56. The number of aromatic nitrogens is 1. The van der Waals surface area contributed by atoms with Crippen LogP contribution in [0.4, 0.5) is 8.78 Å². The average Bonchev–Trinajstić information content (AvgIpc) is 2.18. The molecule has 0 unspecified atom stereocenters. The predicted molar refractivity (Wildman–Crippen MR) is 41.8 cm³/mol. The molecule has 13 heavy (non-hydrogen) atoms. The Labute approximate surface area is 74.0 Å². The lowest BCUT2D eigenvalue weighted by atomic mass is 10.1. The molecule has 1 aromatic rings. The first kappa shape index (κ1) is 9.85. The minimum Gasteiger partial charge on any atom is -0.481 e. The highest BCUT2D eigenvalue weighted by atomic mass is 19.3. The van der Waals surface area contributed by atoms with Crippen molar-refractivity contribution >= 4 is 0 Å². The summed E-state index contributed by atoms with van der Waals surface area (Å²) in [5.74, 6) is -3.47. The lowest BCUT2D eigenvalue weighted by molar-refractivity contribution is -0.0575. The topological polar surface area (TPSA) is 42.4 Å². The van der Waals surface area contributed by atoms with Gasteiger partial charge in [-0.3, -0.25) is 0 Å². The van der Waals surface area contributed by atoms with Gasteiger partial charge in [-0.15, -0.1) is 0 Å². The molecule has 1 heterocycles. The maximum Gasteiger partial charge on any atom is 0.300 e. The molecule has 3 nitrogen and oxygen atoms in total. The molecule has 1 rings (SSSR count). The molecule has 1 aromatic heterocycles. The largest absolute Gasteiger partial charge is 0.481 e. The van der Waals surface area contributed by atoms with Crippen molar-refractivity contribution in [2.24, 2.45) is 0 Å². The van der Waals surface area contributed by atoms with Gasteiger partial charge in [-0.25, -0.2) is 4.98 Å². The summed E-state index contributed by atoms with van der Waals surface area (Å²) in [5, 5.41) is 8.43. The fourth-order valence-corrected chi connectivity index (χ4v) is 0.917. The zero-order valence-corrected chi connectivity index (χ0v) is 7.00. The zero-order chi connectivity index (χ0) is 9.90. The van der Waals surface area contributed by atoms with Crippen LogP contribution in [-0.4, -0.2) is 23.8 Å². The second-order valence-electron chi connectivity index (χ2n) is 2.42. The van der Waals surface area contributed by atoms with Crippen molar-refractivity contribution < 1.29 is 18.6 Å². The molecule has 0 aromatic carbocycles. The molecule has 72 valence electrons. The van der Waals surface area contributed by atoms with E-state index in [1.54, 1.807) is 0 Å². The molecule has 0 aliphatic carbocycles. The van der Waals surface area contributed by atoms with Crippen molar-refractivity contribution in [2.75, 3.05) is 13.7 Å². The third kappa shape index (κ3) is 1.92. The lowest BCUT2D eigenvalue weighted by Crippen LogP contribution is -2.19. The lowest BCUT2D eigenvalue weighted by Gasteiger charge is -2.15. The van der Waals surface area contributed by atoms with Crippen LogP contribution in [0.2, 0.25) is 0 Å². The van der Waals surface area contributed by atoms with E-state index in [-0.39, 0.29) is 5.88 Å². The Kier molecular flexibility index (Phi) is 2.77. The molecule has 0 spiro atoms. The highest BCUT2D eigenvalue weighted by molar-refractivity contribution is 5.29. The fourth-order valence-electron chi connectivity index (χ4n) is 0.917. The van der Waals surface area contributed by atoms with Gasteiger partial charge in [-0.2, -0.15) is 8.78 Å². The van der Waals surface area contributed by atoms with Crippen LogP contribution in [0.5, 0.6) is 5.88 Å². The van der Waals surface area contributed by atoms with Gasteiger partial charge in [-0.05, 0) is 12.1 Å². The maximum atomic E-state index is 13.0.